The van der Waals surface area contributed by atoms with Crippen LogP contribution in [-0.4, -0.2) is 10.9 Å². The third-order valence-electron chi connectivity index (χ3n) is 2.98. The molecule has 2 aromatic rings. The molecule has 5 heteroatoms. The maximum atomic E-state index is 12.2. The molecule has 20 heavy (non-hydrogen) atoms. The van der Waals surface area contributed by atoms with Crippen molar-refractivity contribution < 1.29 is 4.79 Å². The number of carbonyl (C=O) groups is 1. The third kappa shape index (κ3) is 3.43. The summed E-state index contributed by atoms with van der Waals surface area (Å²) in [6.07, 6.45) is 2.44. The summed E-state index contributed by atoms with van der Waals surface area (Å²) in [4.78, 5) is 16.3. The van der Waals surface area contributed by atoms with Crippen molar-refractivity contribution in [2.24, 2.45) is 5.73 Å². The standard InChI is InChI=1S/C15H16BrN3O/c1-2-10-7-12(16)3-4-14(10)19-15(20)11-5-6-18-13(8-11)9-17/h3-8H,2,9,17H2,1H3,(H,19,20). The zero-order valence-electron chi connectivity index (χ0n) is 11.2. The summed E-state index contributed by atoms with van der Waals surface area (Å²) in [7, 11) is 0. The van der Waals surface area contributed by atoms with Gasteiger partial charge in [0.05, 0.1) is 5.69 Å². The summed E-state index contributed by atoms with van der Waals surface area (Å²) in [5.41, 5.74) is 8.70. The molecule has 0 aliphatic rings. The molecule has 0 bridgehead atoms. The molecule has 0 radical (unpaired) electrons. The maximum Gasteiger partial charge on any atom is 0.255 e. The number of carbonyl (C=O) groups excluding carboxylic acids is 1. The van der Waals surface area contributed by atoms with E-state index in [1.54, 1.807) is 18.3 Å². The Morgan fingerprint density at radius 2 is 2.15 bits per heavy atom. The van der Waals surface area contributed by atoms with Gasteiger partial charge in [-0.25, -0.2) is 0 Å². The Hall–Kier alpha value is -1.72. The molecule has 1 amide bonds. The highest BCUT2D eigenvalue weighted by Gasteiger charge is 2.09. The van der Waals surface area contributed by atoms with Crippen LogP contribution >= 0.6 is 15.9 Å². The number of anilines is 1. The Bertz CT molecular complexity index is 628. The molecule has 1 aromatic heterocycles. The Balaban J connectivity index is 2.23. The number of nitrogens with two attached hydrogens (primary N) is 1. The fourth-order valence-electron chi connectivity index (χ4n) is 1.90. The molecule has 0 unspecified atom stereocenters. The minimum atomic E-state index is -0.154. The predicted molar refractivity (Wildman–Crippen MR) is 83.6 cm³/mol. The Labute approximate surface area is 126 Å². The fraction of sp³-hybridized carbons (Fsp3) is 0.200. The van der Waals surface area contributed by atoms with Crippen molar-refractivity contribution in [2.45, 2.75) is 19.9 Å². The van der Waals surface area contributed by atoms with Crippen molar-refractivity contribution in [3.8, 4) is 0 Å². The highest BCUT2D eigenvalue weighted by molar-refractivity contribution is 9.10. The van der Waals surface area contributed by atoms with Gasteiger partial charge in [-0.3, -0.25) is 9.78 Å². The van der Waals surface area contributed by atoms with E-state index in [9.17, 15) is 4.79 Å². The van der Waals surface area contributed by atoms with Crippen LogP contribution in [0.4, 0.5) is 5.69 Å². The minimum Gasteiger partial charge on any atom is -0.325 e. The molecule has 0 aliphatic carbocycles. The second-order valence-electron chi connectivity index (χ2n) is 4.35. The first-order valence-corrected chi connectivity index (χ1v) is 7.18. The number of nitrogens with one attached hydrogen (secondary N) is 1. The second-order valence-corrected chi connectivity index (χ2v) is 5.26. The Morgan fingerprint density at radius 3 is 2.85 bits per heavy atom. The van der Waals surface area contributed by atoms with Gasteiger partial charge in [0.25, 0.3) is 5.91 Å². The zero-order chi connectivity index (χ0) is 14.5. The van der Waals surface area contributed by atoms with E-state index >= 15 is 0 Å². The van der Waals surface area contributed by atoms with E-state index in [1.807, 2.05) is 18.2 Å². The summed E-state index contributed by atoms with van der Waals surface area (Å²) >= 11 is 3.43. The molecular formula is C15H16BrN3O. The first-order chi connectivity index (χ1) is 9.63. The first-order valence-electron chi connectivity index (χ1n) is 6.38. The van der Waals surface area contributed by atoms with Crippen LogP contribution in [0.15, 0.2) is 41.0 Å². The van der Waals surface area contributed by atoms with Gasteiger partial charge in [-0.05, 0) is 42.3 Å². The lowest BCUT2D eigenvalue weighted by Crippen LogP contribution is -2.14. The van der Waals surface area contributed by atoms with Gasteiger partial charge < -0.3 is 11.1 Å². The lowest BCUT2D eigenvalue weighted by Gasteiger charge is -2.10. The Morgan fingerprint density at radius 1 is 1.35 bits per heavy atom. The van der Waals surface area contributed by atoms with Gasteiger partial charge in [0, 0.05) is 28.5 Å². The van der Waals surface area contributed by atoms with Crippen LogP contribution < -0.4 is 11.1 Å². The molecule has 0 atom stereocenters. The SMILES string of the molecule is CCc1cc(Br)ccc1NC(=O)c1ccnc(CN)c1. The van der Waals surface area contributed by atoms with Crippen LogP contribution in [0.1, 0.15) is 28.5 Å². The third-order valence-corrected chi connectivity index (χ3v) is 3.48. The zero-order valence-corrected chi connectivity index (χ0v) is 12.8. The molecular weight excluding hydrogens is 318 g/mol. The lowest BCUT2D eigenvalue weighted by molar-refractivity contribution is 0.102. The highest BCUT2D eigenvalue weighted by atomic mass is 79.9. The van der Waals surface area contributed by atoms with Crippen molar-refractivity contribution in [2.75, 3.05) is 5.32 Å². The van der Waals surface area contributed by atoms with E-state index in [-0.39, 0.29) is 5.91 Å². The summed E-state index contributed by atoms with van der Waals surface area (Å²) in [5.74, 6) is -0.154. The molecule has 0 aliphatic heterocycles. The molecule has 2 rings (SSSR count). The summed E-state index contributed by atoms with van der Waals surface area (Å²) in [5, 5.41) is 2.93. The van der Waals surface area contributed by atoms with Gasteiger partial charge in [0.1, 0.15) is 0 Å². The predicted octanol–water partition coefficient (Wildman–Crippen LogP) is 3.12. The number of rotatable bonds is 4. The van der Waals surface area contributed by atoms with E-state index in [4.69, 9.17) is 5.73 Å². The summed E-state index contributed by atoms with van der Waals surface area (Å²) < 4.78 is 1.00. The Kier molecular flexibility index (Phi) is 4.87. The van der Waals surface area contributed by atoms with Crippen LogP contribution in [0.3, 0.4) is 0 Å². The molecule has 104 valence electrons. The largest absolute Gasteiger partial charge is 0.325 e. The molecule has 1 heterocycles. The van der Waals surface area contributed by atoms with Gasteiger partial charge in [-0.1, -0.05) is 22.9 Å². The topological polar surface area (TPSA) is 68.0 Å². The number of hydrogen-bond donors (Lipinski definition) is 2. The van der Waals surface area contributed by atoms with Crippen LogP contribution in [0, 0.1) is 0 Å². The van der Waals surface area contributed by atoms with Gasteiger partial charge >= 0.3 is 0 Å². The molecule has 0 fully saturated rings. The number of aryl methyl sites for hydroxylation is 1. The van der Waals surface area contributed by atoms with E-state index in [1.165, 1.54) is 0 Å². The van der Waals surface area contributed by atoms with Crippen molar-refractivity contribution >= 4 is 27.5 Å². The number of amides is 1. The maximum absolute atomic E-state index is 12.2. The average molecular weight is 334 g/mol. The summed E-state index contributed by atoms with van der Waals surface area (Å²) in [6.45, 7) is 2.37. The number of benzene rings is 1. The van der Waals surface area contributed by atoms with Crippen molar-refractivity contribution in [3.63, 3.8) is 0 Å². The van der Waals surface area contributed by atoms with Crippen molar-refractivity contribution in [1.29, 1.82) is 0 Å². The first kappa shape index (κ1) is 14.7. The smallest absolute Gasteiger partial charge is 0.255 e. The number of hydrogen-bond acceptors (Lipinski definition) is 3. The van der Waals surface area contributed by atoms with E-state index < -0.39 is 0 Å². The molecule has 0 spiro atoms. The van der Waals surface area contributed by atoms with E-state index in [0.29, 0.717) is 17.8 Å². The van der Waals surface area contributed by atoms with Crippen LogP contribution in [0.25, 0.3) is 0 Å². The van der Waals surface area contributed by atoms with Crippen LogP contribution in [-0.2, 0) is 13.0 Å². The monoisotopic (exact) mass is 333 g/mol. The normalized spacial score (nSPS) is 10.3. The van der Waals surface area contributed by atoms with Gasteiger partial charge in [0.15, 0.2) is 0 Å². The number of halogens is 1. The molecule has 3 N–H and O–H groups in total. The molecule has 1 aromatic carbocycles. The van der Waals surface area contributed by atoms with Crippen LogP contribution in [0.5, 0.6) is 0 Å². The second kappa shape index (κ2) is 6.63. The minimum absolute atomic E-state index is 0.154. The van der Waals surface area contributed by atoms with Gasteiger partial charge in [-0.2, -0.15) is 0 Å². The van der Waals surface area contributed by atoms with Crippen LogP contribution in [0.2, 0.25) is 0 Å². The number of aromatic nitrogens is 1. The number of pyridine rings is 1. The number of nitrogens with zero attached hydrogens (tertiary/aromatic N) is 1. The summed E-state index contributed by atoms with van der Waals surface area (Å²) in [6, 6.07) is 9.20. The van der Waals surface area contributed by atoms with Crippen molar-refractivity contribution in [1.82, 2.24) is 4.98 Å². The highest BCUT2D eigenvalue weighted by Crippen LogP contribution is 2.22. The fourth-order valence-corrected chi connectivity index (χ4v) is 2.31. The van der Waals surface area contributed by atoms with Gasteiger partial charge in [0.2, 0.25) is 0 Å². The van der Waals surface area contributed by atoms with Gasteiger partial charge in [-0.15, -0.1) is 0 Å². The van der Waals surface area contributed by atoms with Crippen molar-refractivity contribution in [3.05, 3.63) is 57.8 Å². The quantitative estimate of drug-likeness (QED) is 0.903. The van der Waals surface area contributed by atoms with E-state index in [2.05, 4.69) is 33.2 Å². The average Bonchev–Trinajstić information content (AvgIpc) is 2.49. The molecule has 4 nitrogen and oxygen atoms in total. The molecule has 0 saturated heterocycles. The molecule has 0 saturated carbocycles. The van der Waals surface area contributed by atoms with E-state index in [0.717, 1.165) is 22.1 Å². The lowest BCUT2D eigenvalue weighted by atomic mass is 10.1.